The molecule has 0 amide bonds. The molecule has 2 rings (SSSR count). The summed E-state index contributed by atoms with van der Waals surface area (Å²) in [5.74, 6) is -1.35. The number of benzene rings is 1. The molecule has 0 aliphatic rings. The van der Waals surface area contributed by atoms with Crippen LogP contribution in [0.5, 0.6) is 5.88 Å². The largest absolute Gasteiger partial charge is 0.479 e. The third-order valence-electron chi connectivity index (χ3n) is 2.29. The van der Waals surface area contributed by atoms with Gasteiger partial charge in [0, 0.05) is 11.8 Å². The topological polar surface area (TPSA) is 64.3 Å². The summed E-state index contributed by atoms with van der Waals surface area (Å²) in [5, 5.41) is 12.5. The quantitative estimate of drug-likeness (QED) is 0.898. The smallest absolute Gasteiger partial charge is 0.341 e. The highest BCUT2D eigenvalue weighted by Gasteiger charge is 2.11. The van der Waals surface area contributed by atoms with Crippen molar-refractivity contribution in [2.45, 2.75) is 6.92 Å². The molecule has 2 aromatic rings. The van der Waals surface area contributed by atoms with Crippen LogP contribution in [0, 0.1) is 12.7 Å². The molecule has 1 heterocycles. The van der Waals surface area contributed by atoms with Crippen molar-refractivity contribution in [1.82, 2.24) is 9.78 Å². The van der Waals surface area contributed by atoms with Crippen molar-refractivity contribution in [2.75, 3.05) is 6.61 Å². The number of carboxylic acids is 1. The van der Waals surface area contributed by atoms with Crippen LogP contribution in [-0.4, -0.2) is 27.5 Å². The van der Waals surface area contributed by atoms with Crippen LogP contribution in [-0.2, 0) is 4.79 Å². The average molecular weight is 250 g/mol. The molecule has 1 N–H and O–H groups in total. The van der Waals surface area contributed by atoms with Gasteiger partial charge in [-0.25, -0.2) is 13.9 Å². The Balaban J connectivity index is 2.30. The van der Waals surface area contributed by atoms with Crippen LogP contribution in [0.2, 0.25) is 0 Å². The van der Waals surface area contributed by atoms with Crippen molar-refractivity contribution in [2.24, 2.45) is 0 Å². The van der Waals surface area contributed by atoms with E-state index in [1.165, 1.54) is 10.7 Å². The fraction of sp³-hybridized carbons (Fsp3) is 0.167. The van der Waals surface area contributed by atoms with Gasteiger partial charge in [-0.3, -0.25) is 0 Å². The van der Waals surface area contributed by atoms with Crippen LogP contribution in [0.1, 0.15) is 5.69 Å². The second-order valence-electron chi connectivity index (χ2n) is 3.67. The molecule has 94 valence electrons. The summed E-state index contributed by atoms with van der Waals surface area (Å²) >= 11 is 0. The van der Waals surface area contributed by atoms with E-state index in [4.69, 9.17) is 9.84 Å². The highest BCUT2D eigenvalue weighted by molar-refractivity contribution is 5.68. The Labute approximate surface area is 102 Å². The standard InChI is InChI=1S/C12H11FN2O3/c1-8-6-11(18-7-12(16)17)14-15(8)10-5-3-2-4-9(10)13/h2-6H,7H2,1H3,(H,16,17). The van der Waals surface area contributed by atoms with Gasteiger partial charge < -0.3 is 9.84 Å². The molecule has 0 aliphatic heterocycles. The monoisotopic (exact) mass is 250 g/mol. The van der Waals surface area contributed by atoms with Crippen molar-refractivity contribution in [1.29, 1.82) is 0 Å². The van der Waals surface area contributed by atoms with Crippen molar-refractivity contribution >= 4 is 5.97 Å². The lowest BCUT2D eigenvalue weighted by Crippen LogP contribution is -2.10. The molecule has 0 unspecified atom stereocenters. The first-order valence-corrected chi connectivity index (χ1v) is 5.24. The van der Waals surface area contributed by atoms with Gasteiger partial charge in [0.15, 0.2) is 6.61 Å². The first kappa shape index (κ1) is 12.1. The minimum Gasteiger partial charge on any atom is -0.479 e. The number of hydrogen-bond donors (Lipinski definition) is 1. The molecule has 0 fully saturated rings. The second kappa shape index (κ2) is 4.87. The van der Waals surface area contributed by atoms with Crippen LogP contribution in [0.4, 0.5) is 4.39 Å². The van der Waals surface area contributed by atoms with Gasteiger partial charge in [0.1, 0.15) is 11.5 Å². The zero-order chi connectivity index (χ0) is 13.1. The van der Waals surface area contributed by atoms with E-state index in [0.29, 0.717) is 11.4 Å². The zero-order valence-corrected chi connectivity index (χ0v) is 9.63. The fourth-order valence-electron chi connectivity index (χ4n) is 1.52. The lowest BCUT2D eigenvalue weighted by molar-refractivity contribution is -0.139. The predicted octanol–water partition coefficient (Wildman–Crippen LogP) is 1.78. The first-order valence-electron chi connectivity index (χ1n) is 5.24. The number of rotatable bonds is 4. The maximum Gasteiger partial charge on any atom is 0.341 e. The summed E-state index contributed by atoms with van der Waals surface area (Å²) in [6.45, 7) is 1.25. The van der Waals surface area contributed by atoms with Crippen LogP contribution in [0.15, 0.2) is 30.3 Å². The molecular weight excluding hydrogens is 239 g/mol. The molecule has 0 bridgehead atoms. The maximum atomic E-state index is 13.6. The highest BCUT2D eigenvalue weighted by atomic mass is 19.1. The van der Waals surface area contributed by atoms with Crippen molar-refractivity contribution in [3.8, 4) is 11.6 Å². The second-order valence-corrected chi connectivity index (χ2v) is 3.67. The molecule has 0 atom stereocenters. The van der Waals surface area contributed by atoms with Gasteiger partial charge in [-0.15, -0.1) is 5.10 Å². The molecule has 0 saturated heterocycles. The summed E-state index contributed by atoms with van der Waals surface area (Å²) in [7, 11) is 0. The van der Waals surface area contributed by atoms with Gasteiger partial charge in [-0.2, -0.15) is 0 Å². The minimum absolute atomic E-state index is 0.151. The predicted molar refractivity (Wildman–Crippen MR) is 61.4 cm³/mol. The summed E-state index contributed by atoms with van der Waals surface area (Å²) in [6, 6.07) is 7.73. The van der Waals surface area contributed by atoms with E-state index in [9.17, 15) is 9.18 Å². The van der Waals surface area contributed by atoms with E-state index in [-0.39, 0.29) is 5.88 Å². The Kier molecular flexibility index (Phi) is 3.27. The van der Waals surface area contributed by atoms with Gasteiger partial charge in [0.25, 0.3) is 0 Å². The van der Waals surface area contributed by atoms with Crippen molar-refractivity contribution < 1.29 is 19.0 Å². The lowest BCUT2D eigenvalue weighted by atomic mass is 10.3. The average Bonchev–Trinajstić information content (AvgIpc) is 2.69. The number of aliphatic carboxylic acids is 1. The van der Waals surface area contributed by atoms with Crippen molar-refractivity contribution in [3.63, 3.8) is 0 Å². The van der Waals surface area contributed by atoms with E-state index in [1.807, 2.05) is 0 Å². The summed E-state index contributed by atoms with van der Waals surface area (Å²) in [6.07, 6.45) is 0. The Morgan fingerprint density at radius 1 is 1.50 bits per heavy atom. The molecule has 18 heavy (non-hydrogen) atoms. The maximum absolute atomic E-state index is 13.6. The Morgan fingerprint density at radius 3 is 2.89 bits per heavy atom. The number of halogens is 1. The SMILES string of the molecule is Cc1cc(OCC(=O)O)nn1-c1ccccc1F. The fourth-order valence-corrected chi connectivity index (χ4v) is 1.52. The van der Waals surface area contributed by atoms with Gasteiger partial charge in [-0.05, 0) is 19.1 Å². The van der Waals surface area contributed by atoms with E-state index in [0.717, 1.165) is 0 Å². The van der Waals surface area contributed by atoms with Gasteiger partial charge in [0.2, 0.25) is 5.88 Å². The number of aryl methyl sites for hydroxylation is 1. The Bertz CT molecular complexity index is 580. The molecule has 1 aromatic carbocycles. The lowest BCUT2D eigenvalue weighted by Gasteiger charge is -2.04. The highest BCUT2D eigenvalue weighted by Crippen LogP contribution is 2.18. The number of aromatic nitrogens is 2. The molecule has 0 spiro atoms. The Hall–Kier alpha value is -2.37. The number of carboxylic acid groups (broad SMARTS) is 1. The van der Waals surface area contributed by atoms with Crippen LogP contribution in [0.25, 0.3) is 5.69 Å². The molecule has 6 heteroatoms. The minimum atomic E-state index is -1.09. The van der Waals surface area contributed by atoms with Crippen LogP contribution < -0.4 is 4.74 Å². The van der Waals surface area contributed by atoms with Crippen molar-refractivity contribution in [3.05, 3.63) is 41.8 Å². The third-order valence-corrected chi connectivity index (χ3v) is 2.29. The number of nitrogens with zero attached hydrogens (tertiary/aromatic N) is 2. The number of hydrogen-bond acceptors (Lipinski definition) is 3. The Morgan fingerprint density at radius 2 is 2.22 bits per heavy atom. The van der Waals surface area contributed by atoms with Crippen LogP contribution in [0.3, 0.4) is 0 Å². The molecular formula is C12H11FN2O3. The number of para-hydroxylation sites is 1. The first-order chi connectivity index (χ1) is 8.58. The normalized spacial score (nSPS) is 10.3. The third kappa shape index (κ3) is 2.48. The molecule has 1 aromatic heterocycles. The summed E-state index contributed by atoms with van der Waals surface area (Å²) < 4.78 is 19.9. The molecule has 0 aliphatic carbocycles. The van der Waals surface area contributed by atoms with E-state index in [1.54, 1.807) is 31.2 Å². The van der Waals surface area contributed by atoms with Crippen LogP contribution >= 0.6 is 0 Å². The number of ether oxygens (including phenoxy) is 1. The molecule has 5 nitrogen and oxygen atoms in total. The van der Waals surface area contributed by atoms with Gasteiger partial charge in [0.05, 0.1) is 0 Å². The van der Waals surface area contributed by atoms with E-state index < -0.39 is 18.4 Å². The van der Waals surface area contributed by atoms with Gasteiger partial charge >= 0.3 is 5.97 Å². The molecule has 0 radical (unpaired) electrons. The van der Waals surface area contributed by atoms with E-state index >= 15 is 0 Å². The summed E-state index contributed by atoms with van der Waals surface area (Å²) in [5.41, 5.74) is 0.945. The van der Waals surface area contributed by atoms with E-state index in [2.05, 4.69) is 5.10 Å². The summed E-state index contributed by atoms with van der Waals surface area (Å²) in [4.78, 5) is 10.4. The zero-order valence-electron chi connectivity index (χ0n) is 9.63. The number of carbonyl (C=O) groups is 1. The molecule has 0 saturated carbocycles. The van der Waals surface area contributed by atoms with Gasteiger partial charge in [-0.1, -0.05) is 12.1 Å².